The Morgan fingerprint density at radius 3 is 2.55 bits per heavy atom. The first-order valence-electron chi connectivity index (χ1n) is 11.2. The molecule has 3 heterocycles. The maximum Gasteiger partial charge on any atom is 0.410 e. The van der Waals surface area contributed by atoms with E-state index in [0.29, 0.717) is 12.0 Å². The summed E-state index contributed by atoms with van der Waals surface area (Å²) in [5.41, 5.74) is 0.707. The fourth-order valence-electron chi connectivity index (χ4n) is 4.10. The molecule has 2 aliphatic heterocycles. The van der Waals surface area contributed by atoms with Crippen LogP contribution in [0.4, 0.5) is 4.79 Å². The summed E-state index contributed by atoms with van der Waals surface area (Å²) in [6.07, 6.45) is 7.03. The van der Waals surface area contributed by atoms with Gasteiger partial charge in [0.05, 0.1) is 5.69 Å². The second kappa shape index (κ2) is 9.94. The van der Waals surface area contributed by atoms with Gasteiger partial charge in [0.2, 0.25) is 0 Å². The summed E-state index contributed by atoms with van der Waals surface area (Å²) in [5.74, 6) is 1.58. The first-order valence-corrected chi connectivity index (χ1v) is 11.2. The Morgan fingerprint density at radius 1 is 1.24 bits per heavy atom. The second-order valence-electron chi connectivity index (χ2n) is 9.22. The summed E-state index contributed by atoms with van der Waals surface area (Å²) >= 11 is 0. The third-order valence-electron chi connectivity index (χ3n) is 5.74. The zero-order valence-electron chi connectivity index (χ0n) is 18.6. The molecule has 2 fully saturated rings. The van der Waals surface area contributed by atoms with Gasteiger partial charge in [-0.2, -0.15) is 0 Å². The summed E-state index contributed by atoms with van der Waals surface area (Å²) in [6, 6.07) is 0.568. The van der Waals surface area contributed by atoms with Crippen LogP contribution in [0.3, 0.4) is 0 Å². The number of imidazole rings is 1. The minimum absolute atomic E-state index is 0.200. The number of aromatic nitrogens is 2. The molecule has 1 amide bonds. The summed E-state index contributed by atoms with van der Waals surface area (Å²) in [4.78, 5) is 19.1. The van der Waals surface area contributed by atoms with Gasteiger partial charge < -0.3 is 24.3 Å². The maximum absolute atomic E-state index is 12.3. The molecule has 0 aromatic carbocycles. The van der Waals surface area contributed by atoms with Crippen LogP contribution < -0.4 is 5.32 Å². The first kappa shape index (κ1) is 22.1. The molecular weight excluding hydrogens is 368 g/mol. The Balaban J connectivity index is 1.54. The number of nitrogens with zero attached hydrogens (tertiary/aromatic N) is 3. The quantitative estimate of drug-likeness (QED) is 0.785. The number of carbonyl (C=O) groups is 1. The Morgan fingerprint density at radius 2 is 1.93 bits per heavy atom. The van der Waals surface area contributed by atoms with E-state index in [0.717, 1.165) is 77.2 Å². The van der Waals surface area contributed by atoms with Gasteiger partial charge in [0.25, 0.3) is 0 Å². The number of aryl methyl sites for hydroxylation is 1. The normalized spacial score (nSPS) is 19.5. The molecule has 0 spiro atoms. The molecule has 0 saturated carbocycles. The van der Waals surface area contributed by atoms with Crippen molar-refractivity contribution in [3.05, 3.63) is 17.7 Å². The molecule has 0 bridgehead atoms. The van der Waals surface area contributed by atoms with Crippen LogP contribution >= 0.6 is 0 Å². The van der Waals surface area contributed by atoms with E-state index in [-0.39, 0.29) is 6.09 Å². The highest BCUT2D eigenvalue weighted by Crippen LogP contribution is 2.28. The molecule has 3 rings (SSSR count). The predicted octanol–water partition coefficient (Wildman–Crippen LogP) is 3.33. The lowest BCUT2D eigenvalue weighted by atomic mass is 9.96. The first-order chi connectivity index (χ1) is 13.9. The van der Waals surface area contributed by atoms with Crippen molar-refractivity contribution in [2.24, 2.45) is 0 Å². The third-order valence-corrected chi connectivity index (χ3v) is 5.74. The van der Waals surface area contributed by atoms with E-state index in [9.17, 15) is 4.79 Å². The molecule has 2 saturated heterocycles. The number of piperidine rings is 1. The minimum atomic E-state index is -0.447. The molecule has 1 aromatic rings. The van der Waals surface area contributed by atoms with Gasteiger partial charge in [0, 0.05) is 57.5 Å². The fraction of sp³-hybridized carbons (Fsp3) is 0.818. The van der Waals surface area contributed by atoms with Crippen molar-refractivity contribution in [3.63, 3.8) is 0 Å². The maximum atomic E-state index is 12.3. The Hall–Kier alpha value is -1.60. The summed E-state index contributed by atoms with van der Waals surface area (Å²) < 4.78 is 13.3. The SMILES string of the molecule is CCc1cn(CCNC2CCOCC2)c(C2CCN(C(=O)OC(C)(C)C)CC2)n1. The molecule has 0 atom stereocenters. The molecule has 1 N–H and O–H groups in total. The van der Waals surface area contributed by atoms with E-state index in [2.05, 4.69) is 23.0 Å². The zero-order valence-corrected chi connectivity index (χ0v) is 18.6. The number of ether oxygens (including phenoxy) is 2. The molecule has 7 nitrogen and oxygen atoms in total. The number of carbonyl (C=O) groups excluding carboxylic acids is 1. The molecule has 0 radical (unpaired) electrons. The molecule has 29 heavy (non-hydrogen) atoms. The number of nitrogens with one attached hydrogen (secondary N) is 1. The van der Waals surface area contributed by atoms with Gasteiger partial charge in [0.1, 0.15) is 11.4 Å². The molecule has 1 aromatic heterocycles. The Bertz CT molecular complexity index is 654. The van der Waals surface area contributed by atoms with E-state index >= 15 is 0 Å². The van der Waals surface area contributed by atoms with Gasteiger partial charge in [-0.3, -0.25) is 0 Å². The lowest BCUT2D eigenvalue weighted by molar-refractivity contribution is 0.0202. The highest BCUT2D eigenvalue weighted by Gasteiger charge is 2.29. The standard InChI is InChI=1S/C22H38N4O3/c1-5-18-16-26(13-10-23-19-8-14-28-15-9-19)20(24-18)17-6-11-25(12-7-17)21(27)29-22(2,3)4/h16-17,19,23H,5-15H2,1-4H3. The summed E-state index contributed by atoms with van der Waals surface area (Å²) in [6.45, 7) is 13.0. The van der Waals surface area contributed by atoms with Crippen LogP contribution in [0.25, 0.3) is 0 Å². The molecule has 2 aliphatic rings. The van der Waals surface area contributed by atoms with Gasteiger partial charge in [0.15, 0.2) is 0 Å². The molecule has 0 aliphatic carbocycles. The largest absolute Gasteiger partial charge is 0.444 e. The highest BCUT2D eigenvalue weighted by molar-refractivity contribution is 5.68. The number of amides is 1. The average Bonchev–Trinajstić information content (AvgIpc) is 3.11. The van der Waals surface area contributed by atoms with Gasteiger partial charge >= 0.3 is 6.09 Å². The van der Waals surface area contributed by atoms with Gasteiger partial charge in [-0.25, -0.2) is 9.78 Å². The van der Waals surface area contributed by atoms with Crippen LogP contribution in [-0.2, 0) is 22.4 Å². The fourth-order valence-corrected chi connectivity index (χ4v) is 4.10. The van der Waals surface area contributed by atoms with E-state index in [1.807, 2.05) is 25.7 Å². The van der Waals surface area contributed by atoms with Gasteiger partial charge in [-0.1, -0.05) is 6.92 Å². The average molecular weight is 407 g/mol. The van der Waals surface area contributed by atoms with Crippen molar-refractivity contribution in [1.29, 1.82) is 0 Å². The van der Waals surface area contributed by atoms with Crippen LogP contribution in [-0.4, -0.2) is 65.0 Å². The van der Waals surface area contributed by atoms with Crippen molar-refractivity contribution in [2.45, 2.75) is 83.9 Å². The molecule has 7 heteroatoms. The minimum Gasteiger partial charge on any atom is -0.444 e. The zero-order chi connectivity index (χ0) is 20.9. The number of hydrogen-bond donors (Lipinski definition) is 1. The van der Waals surface area contributed by atoms with Crippen LogP contribution in [0.1, 0.15) is 70.8 Å². The van der Waals surface area contributed by atoms with Crippen molar-refractivity contribution in [3.8, 4) is 0 Å². The van der Waals surface area contributed by atoms with Crippen LogP contribution in [0.15, 0.2) is 6.20 Å². The topological polar surface area (TPSA) is 68.6 Å². The van der Waals surface area contributed by atoms with E-state index in [1.165, 1.54) is 5.82 Å². The molecular formula is C22H38N4O3. The third kappa shape index (κ3) is 6.44. The van der Waals surface area contributed by atoms with Crippen molar-refractivity contribution < 1.29 is 14.3 Å². The van der Waals surface area contributed by atoms with Crippen LogP contribution in [0.5, 0.6) is 0 Å². The smallest absolute Gasteiger partial charge is 0.410 e. The lowest BCUT2D eigenvalue weighted by Gasteiger charge is -2.33. The molecule has 164 valence electrons. The van der Waals surface area contributed by atoms with Crippen LogP contribution in [0.2, 0.25) is 0 Å². The molecule has 0 unspecified atom stereocenters. The van der Waals surface area contributed by atoms with Crippen molar-refractivity contribution in [2.75, 3.05) is 32.8 Å². The van der Waals surface area contributed by atoms with E-state index in [1.54, 1.807) is 0 Å². The predicted molar refractivity (Wildman–Crippen MR) is 113 cm³/mol. The highest BCUT2D eigenvalue weighted by atomic mass is 16.6. The van der Waals surface area contributed by atoms with Crippen molar-refractivity contribution >= 4 is 6.09 Å². The Kier molecular flexibility index (Phi) is 7.57. The van der Waals surface area contributed by atoms with Crippen LogP contribution in [0, 0.1) is 0 Å². The monoisotopic (exact) mass is 406 g/mol. The van der Waals surface area contributed by atoms with Gasteiger partial charge in [-0.05, 0) is 52.9 Å². The summed E-state index contributed by atoms with van der Waals surface area (Å²) in [5, 5.41) is 3.67. The van der Waals surface area contributed by atoms with E-state index in [4.69, 9.17) is 14.5 Å². The second-order valence-corrected chi connectivity index (χ2v) is 9.22. The van der Waals surface area contributed by atoms with Crippen molar-refractivity contribution in [1.82, 2.24) is 19.8 Å². The number of rotatable bonds is 6. The number of likely N-dealkylation sites (tertiary alicyclic amines) is 1. The number of hydrogen-bond acceptors (Lipinski definition) is 5. The summed E-state index contributed by atoms with van der Waals surface area (Å²) in [7, 11) is 0. The Labute approximate surface area is 175 Å². The lowest BCUT2D eigenvalue weighted by Crippen LogP contribution is -2.41. The van der Waals surface area contributed by atoms with E-state index < -0.39 is 5.60 Å². The van der Waals surface area contributed by atoms with Gasteiger partial charge in [-0.15, -0.1) is 0 Å².